The Kier molecular flexibility index (Phi) is 4.11. The van der Waals surface area contributed by atoms with Crippen molar-refractivity contribution in [1.29, 1.82) is 0 Å². The molecule has 0 saturated heterocycles. The predicted octanol–water partition coefficient (Wildman–Crippen LogP) is 4.25. The molecule has 1 unspecified atom stereocenters. The van der Waals surface area contributed by atoms with E-state index in [1.165, 1.54) is 38.5 Å². The van der Waals surface area contributed by atoms with Gasteiger partial charge in [0.2, 0.25) is 0 Å². The van der Waals surface area contributed by atoms with Crippen LogP contribution in [0.3, 0.4) is 0 Å². The molecule has 0 aromatic rings. The van der Waals surface area contributed by atoms with Crippen LogP contribution >= 0.6 is 0 Å². The van der Waals surface area contributed by atoms with Crippen molar-refractivity contribution in [2.75, 3.05) is 0 Å². The van der Waals surface area contributed by atoms with Crippen LogP contribution in [0.1, 0.15) is 59.3 Å². The Bertz CT molecular complexity index is 111. The molecule has 0 amide bonds. The van der Waals surface area contributed by atoms with Crippen LogP contribution in [-0.4, -0.2) is 0 Å². The highest BCUT2D eigenvalue weighted by Gasteiger charge is 2.23. The molecule has 0 aromatic heterocycles. The van der Waals surface area contributed by atoms with Gasteiger partial charge in [-0.2, -0.15) is 0 Å². The molecular formula is C12H24. The lowest BCUT2D eigenvalue weighted by Gasteiger charge is -2.31. The molecule has 1 saturated carbocycles. The van der Waals surface area contributed by atoms with E-state index in [9.17, 15) is 0 Å². The SMILES string of the molecule is CC(C)CCCC(C)C1CCC1. The van der Waals surface area contributed by atoms with E-state index in [2.05, 4.69) is 20.8 Å². The van der Waals surface area contributed by atoms with Crippen LogP contribution in [0, 0.1) is 17.8 Å². The first kappa shape index (κ1) is 10.1. The summed E-state index contributed by atoms with van der Waals surface area (Å²) in [6.45, 7) is 7.10. The molecule has 1 rings (SSSR count). The molecule has 0 heteroatoms. The summed E-state index contributed by atoms with van der Waals surface area (Å²) in [5, 5.41) is 0. The third-order valence-electron chi connectivity index (χ3n) is 3.40. The van der Waals surface area contributed by atoms with Gasteiger partial charge in [-0.25, -0.2) is 0 Å². The lowest BCUT2D eigenvalue weighted by Crippen LogP contribution is -2.19. The fraction of sp³-hybridized carbons (Fsp3) is 1.00. The molecule has 0 N–H and O–H groups in total. The van der Waals surface area contributed by atoms with Gasteiger partial charge in [0.15, 0.2) is 0 Å². The Morgan fingerprint density at radius 3 is 2.17 bits per heavy atom. The summed E-state index contributed by atoms with van der Waals surface area (Å²) < 4.78 is 0. The molecule has 72 valence electrons. The minimum absolute atomic E-state index is 0.901. The maximum Gasteiger partial charge on any atom is -0.0388 e. The Hall–Kier alpha value is 0. The molecular weight excluding hydrogens is 144 g/mol. The van der Waals surface area contributed by atoms with Crippen molar-refractivity contribution in [3.05, 3.63) is 0 Å². The summed E-state index contributed by atoms with van der Waals surface area (Å²) in [5.74, 6) is 3.01. The van der Waals surface area contributed by atoms with Crippen LogP contribution in [0.4, 0.5) is 0 Å². The number of hydrogen-bond acceptors (Lipinski definition) is 0. The van der Waals surface area contributed by atoms with Crippen molar-refractivity contribution in [2.45, 2.75) is 59.3 Å². The molecule has 0 aromatic carbocycles. The zero-order chi connectivity index (χ0) is 8.97. The standard InChI is InChI=1S/C12H24/c1-10(2)6-4-7-11(3)12-8-5-9-12/h10-12H,4-9H2,1-3H3. The van der Waals surface area contributed by atoms with Crippen molar-refractivity contribution < 1.29 is 0 Å². The Morgan fingerprint density at radius 1 is 1.08 bits per heavy atom. The van der Waals surface area contributed by atoms with E-state index in [0.717, 1.165) is 17.8 Å². The van der Waals surface area contributed by atoms with E-state index in [4.69, 9.17) is 0 Å². The molecule has 1 aliphatic carbocycles. The maximum atomic E-state index is 2.45. The fourth-order valence-corrected chi connectivity index (χ4v) is 2.09. The molecule has 0 bridgehead atoms. The molecule has 1 atom stereocenters. The van der Waals surface area contributed by atoms with Gasteiger partial charge in [0.25, 0.3) is 0 Å². The van der Waals surface area contributed by atoms with Crippen molar-refractivity contribution in [1.82, 2.24) is 0 Å². The first-order valence-electron chi connectivity index (χ1n) is 5.70. The van der Waals surface area contributed by atoms with Crippen molar-refractivity contribution in [2.24, 2.45) is 17.8 Å². The summed E-state index contributed by atoms with van der Waals surface area (Å²) >= 11 is 0. The zero-order valence-corrected chi connectivity index (χ0v) is 8.97. The van der Waals surface area contributed by atoms with Crippen LogP contribution < -0.4 is 0 Å². The van der Waals surface area contributed by atoms with Crippen molar-refractivity contribution in [3.63, 3.8) is 0 Å². The third kappa shape index (κ3) is 3.16. The van der Waals surface area contributed by atoms with Crippen LogP contribution in [0.25, 0.3) is 0 Å². The normalized spacial score (nSPS) is 21.0. The lowest BCUT2D eigenvalue weighted by atomic mass is 9.75. The second kappa shape index (κ2) is 4.89. The summed E-state index contributed by atoms with van der Waals surface area (Å²) in [4.78, 5) is 0. The monoisotopic (exact) mass is 168 g/mol. The Morgan fingerprint density at radius 2 is 1.75 bits per heavy atom. The Balaban J connectivity index is 1.98. The molecule has 12 heavy (non-hydrogen) atoms. The van der Waals surface area contributed by atoms with E-state index in [1.807, 2.05) is 0 Å². The van der Waals surface area contributed by atoms with Crippen molar-refractivity contribution >= 4 is 0 Å². The molecule has 0 aliphatic heterocycles. The van der Waals surface area contributed by atoms with Gasteiger partial charge in [-0.05, 0) is 17.8 Å². The van der Waals surface area contributed by atoms with Gasteiger partial charge in [0.05, 0.1) is 0 Å². The summed E-state index contributed by atoms with van der Waals surface area (Å²) in [6.07, 6.45) is 8.89. The largest absolute Gasteiger partial charge is 0.0628 e. The quantitative estimate of drug-likeness (QED) is 0.575. The van der Waals surface area contributed by atoms with Gasteiger partial charge in [-0.1, -0.05) is 59.3 Å². The Labute approximate surface area is 77.7 Å². The molecule has 1 fully saturated rings. The fourth-order valence-electron chi connectivity index (χ4n) is 2.09. The van der Waals surface area contributed by atoms with Crippen LogP contribution in [0.5, 0.6) is 0 Å². The van der Waals surface area contributed by atoms with E-state index < -0.39 is 0 Å². The van der Waals surface area contributed by atoms with Gasteiger partial charge in [0.1, 0.15) is 0 Å². The van der Waals surface area contributed by atoms with Gasteiger partial charge >= 0.3 is 0 Å². The highest BCUT2D eigenvalue weighted by Crippen LogP contribution is 2.35. The molecule has 1 aliphatic rings. The van der Waals surface area contributed by atoms with E-state index in [-0.39, 0.29) is 0 Å². The second-order valence-electron chi connectivity index (χ2n) is 4.99. The highest BCUT2D eigenvalue weighted by molar-refractivity contribution is 4.74. The lowest BCUT2D eigenvalue weighted by molar-refractivity contribution is 0.205. The average Bonchev–Trinajstić information content (AvgIpc) is 1.81. The maximum absolute atomic E-state index is 2.45. The van der Waals surface area contributed by atoms with Gasteiger partial charge in [-0.3, -0.25) is 0 Å². The van der Waals surface area contributed by atoms with Gasteiger partial charge in [0, 0.05) is 0 Å². The molecule has 0 heterocycles. The summed E-state index contributed by atoms with van der Waals surface area (Å²) in [5.41, 5.74) is 0. The van der Waals surface area contributed by atoms with Crippen LogP contribution in [0.2, 0.25) is 0 Å². The second-order valence-corrected chi connectivity index (χ2v) is 4.99. The molecule has 0 radical (unpaired) electrons. The van der Waals surface area contributed by atoms with Crippen LogP contribution in [0.15, 0.2) is 0 Å². The minimum atomic E-state index is 0.901. The van der Waals surface area contributed by atoms with Gasteiger partial charge < -0.3 is 0 Å². The topological polar surface area (TPSA) is 0 Å². The van der Waals surface area contributed by atoms with E-state index in [0.29, 0.717) is 0 Å². The first-order valence-corrected chi connectivity index (χ1v) is 5.70. The molecule has 0 spiro atoms. The average molecular weight is 168 g/mol. The third-order valence-corrected chi connectivity index (χ3v) is 3.40. The molecule has 0 nitrogen and oxygen atoms in total. The first-order chi connectivity index (χ1) is 5.70. The van der Waals surface area contributed by atoms with Crippen molar-refractivity contribution in [3.8, 4) is 0 Å². The smallest absolute Gasteiger partial charge is 0.0388 e. The minimum Gasteiger partial charge on any atom is -0.0628 e. The van der Waals surface area contributed by atoms with E-state index >= 15 is 0 Å². The highest BCUT2D eigenvalue weighted by atomic mass is 14.3. The van der Waals surface area contributed by atoms with E-state index in [1.54, 1.807) is 0 Å². The number of hydrogen-bond donors (Lipinski definition) is 0. The van der Waals surface area contributed by atoms with Crippen LogP contribution in [-0.2, 0) is 0 Å². The van der Waals surface area contributed by atoms with Gasteiger partial charge in [-0.15, -0.1) is 0 Å². The zero-order valence-electron chi connectivity index (χ0n) is 8.97. The summed E-state index contributed by atoms with van der Waals surface area (Å²) in [6, 6.07) is 0. The predicted molar refractivity (Wildman–Crippen MR) is 55.2 cm³/mol. The number of rotatable bonds is 5. The summed E-state index contributed by atoms with van der Waals surface area (Å²) in [7, 11) is 0.